The molecule has 1 aromatic rings. The van der Waals surface area contributed by atoms with Crippen LogP contribution in [0.1, 0.15) is 25.3 Å². The molecule has 1 aliphatic carbocycles. The Morgan fingerprint density at radius 2 is 2.12 bits per heavy atom. The molecule has 1 aromatic carbocycles. The molecule has 0 amide bonds. The van der Waals surface area contributed by atoms with Gasteiger partial charge in [-0.15, -0.1) is 0 Å². The van der Waals surface area contributed by atoms with Crippen molar-refractivity contribution in [2.24, 2.45) is 17.1 Å². The predicted molar refractivity (Wildman–Crippen MR) is 69.8 cm³/mol. The Kier molecular flexibility index (Phi) is 3.01. The molecule has 3 heteroatoms. The van der Waals surface area contributed by atoms with Crippen molar-refractivity contribution in [1.29, 1.82) is 0 Å². The molecule has 0 heterocycles. The van der Waals surface area contributed by atoms with Crippen LogP contribution in [0.2, 0.25) is 0 Å². The van der Waals surface area contributed by atoms with Gasteiger partial charge in [-0.3, -0.25) is 0 Å². The molecule has 1 saturated carbocycles. The lowest BCUT2D eigenvalue weighted by molar-refractivity contribution is 0.414. The number of halogens is 1. The number of hydrogen-bond acceptors (Lipinski definition) is 2. The van der Waals surface area contributed by atoms with Crippen LogP contribution in [0.15, 0.2) is 22.7 Å². The highest BCUT2D eigenvalue weighted by atomic mass is 79.9. The summed E-state index contributed by atoms with van der Waals surface area (Å²) < 4.78 is 6.43. The molecule has 2 N–H and O–H groups in total. The molecule has 0 radical (unpaired) electrons. The summed E-state index contributed by atoms with van der Waals surface area (Å²) in [6, 6.07) is 6.14. The number of methoxy groups -OCH3 is 1. The Bertz CT molecular complexity index is 403. The fraction of sp³-hybridized carbons (Fsp3) is 0.538. The third kappa shape index (κ3) is 1.76. The molecule has 1 aliphatic rings. The smallest absolute Gasteiger partial charge is 0.119 e. The number of nitrogens with two attached hydrogens (primary N) is 1. The zero-order valence-corrected chi connectivity index (χ0v) is 11.5. The first kappa shape index (κ1) is 11.9. The third-order valence-electron chi connectivity index (χ3n) is 3.84. The van der Waals surface area contributed by atoms with Crippen LogP contribution in [-0.4, -0.2) is 13.7 Å². The molecule has 16 heavy (non-hydrogen) atoms. The second-order valence-corrected chi connectivity index (χ2v) is 5.88. The zero-order chi connectivity index (χ0) is 11.9. The van der Waals surface area contributed by atoms with Gasteiger partial charge in [0.15, 0.2) is 0 Å². The van der Waals surface area contributed by atoms with E-state index in [-0.39, 0.29) is 0 Å². The van der Waals surface area contributed by atoms with Gasteiger partial charge in [-0.1, -0.05) is 29.8 Å². The molecular weight excluding hydrogens is 266 g/mol. The second kappa shape index (κ2) is 4.04. The van der Waals surface area contributed by atoms with Crippen LogP contribution in [0.25, 0.3) is 0 Å². The summed E-state index contributed by atoms with van der Waals surface area (Å²) in [5.41, 5.74) is 7.44. The van der Waals surface area contributed by atoms with Crippen molar-refractivity contribution in [2.45, 2.75) is 19.8 Å². The molecular formula is C13H18BrNO. The van der Waals surface area contributed by atoms with Crippen LogP contribution in [0.3, 0.4) is 0 Å². The summed E-state index contributed by atoms with van der Waals surface area (Å²) in [4.78, 5) is 0. The highest BCUT2D eigenvalue weighted by Gasteiger charge is 2.57. The highest BCUT2D eigenvalue weighted by molar-refractivity contribution is 9.10. The van der Waals surface area contributed by atoms with E-state index in [1.807, 2.05) is 6.07 Å². The van der Waals surface area contributed by atoms with Gasteiger partial charge in [-0.25, -0.2) is 0 Å². The van der Waals surface area contributed by atoms with Crippen LogP contribution >= 0.6 is 15.9 Å². The molecule has 2 rings (SSSR count). The first-order valence-electron chi connectivity index (χ1n) is 5.56. The molecule has 2 unspecified atom stereocenters. The molecule has 1 fully saturated rings. The minimum atomic E-state index is 0.309. The average Bonchev–Trinajstić information content (AvgIpc) is 2.81. The van der Waals surface area contributed by atoms with Gasteiger partial charge in [0.05, 0.1) is 7.11 Å². The molecule has 2 atom stereocenters. The topological polar surface area (TPSA) is 35.2 Å². The van der Waals surface area contributed by atoms with Gasteiger partial charge in [-0.05, 0) is 47.6 Å². The van der Waals surface area contributed by atoms with E-state index in [2.05, 4.69) is 41.9 Å². The maximum atomic E-state index is 5.81. The zero-order valence-electron chi connectivity index (χ0n) is 9.96. The third-order valence-corrected chi connectivity index (χ3v) is 4.56. The maximum absolute atomic E-state index is 5.81. The molecule has 0 aromatic heterocycles. The fourth-order valence-corrected chi connectivity index (χ4v) is 3.18. The first-order valence-corrected chi connectivity index (χ1v) is 6.35. The number of ether oxygens (including phenoxy) is 1. The van der Waals surface area contributed by atoms with E-state index in [9.17, 15) is 0 Å². The van der Waals surface area contributed by atoms with Crippen LogP contribution in [0.4, 0.5) is 0 Å². The van der Waals surface area contributed by atoms with Crippen molar-refractivity contribution < 1.29 is 4.74 Å². The van der Waals surface area contributed by atoms with Crippen LogP contribution in [-0.2, 0) is 0 Å². The highest BCUT2D eigenvalue weighted by Crippen LogP contribution is 2.65. The lowest BCUT2D eigenvalue weighted by Gasteiger charge is -2.08. The van der Waals surface area contributed by atoms with E-state index in [4.69, 9.17) is 10.5 Å². The summed E-state index contributed by atoms with van der Waals surface area (Å²) in [7, 11) is 1.70. The van der Waals surface area contributed by atoms with Gasteiger partial charge in [0.2, 0.25) is 0 Å². The molecule has 0 bridgehead atoms. The van der Waals surface area contributed by atoms with E-state index >= 15 is 0 Å². The van der Waals surface area contributed by atoms with Gasteiger partial charge in [0.1, 0.15) is 5.75 Å². The van der Waals surface area contributed by atoms with Crippen molar-refractivity contribution in [3.8, 4) is 5.75 Å². The fourth-order valence-electron chi connectivity index (χ4n) is 2.69. The SMILES string of the molecule is COc1ccc(Br)c(C2C(CN)C2(C)C)c1. The van der Waals surface area contributed by atoms with Crippen LogP contribution < -0.4 is 10.5 Å². The summed E-state index contributed by atoms with van der Waals surface area (Å²) in [5.74, 6) is 2.04. The van der Waals surface area contributed by atoms with Gasteiger partial charge >= 0.3 is 0 Å². The Morgan fingerprint density at radius 1 is 1.44 bits per heavy atom. The molecule has 0 saturated heterocycles. The molecule has 0 aliphatic heterocycles. The van der Waals surface area contributed by atoms with Crippen molar-refractivity contribution in [3.63, 3.8) is 0 Å². The summed E-state index contributed by atoms with van der Waals surface area (Å²) in [6.45, 7) is 5.31. The summed E-state index contributed by atoms with van der Waals surface area (Å²) in [6.07, 6.45) is 0. The Balaban J connectivity index is 2.35. The Labute approximate surface area is 105 Å². The van der Waals surface area contributed by atoms with Crippen LogP contribution in [0.5, 0.6) is 5.75 Å². The molecule has 0 spiro atoms. The average molecular weight is 284 g/mol. The Morgan fingerprint density at radius 3 is 2.62 bits per heavy atom. The van der Waals surface area contributed by atoms with Crippen molar-refractivity contribution in [3.05, 3.63) is 28.2 Å². The van der Waals surface area contributed by atoms with Gasteiger partial charge in [-0.2, -0.15) is 0 Å². The van der Waals surface area contributed by atoms with Gasteiger partial charge < -0.3 is 10.5 Å². The van der Waals surface area contributed by atoms with Crippen LogP contribution in [0, 0.1) is 11.3 Å². The first-order chi connectivity index (χ1) is 7.52. The van der Waals surface area contributed by atoms with Crippen molar-refractivity contribution in [1.82, 2.24) is 0 Å². The van der Waals surface area contributed by atoms with E-state index in [0.29, 0.717) is 17.3 Å². The van der Waals surface area contributed by atoms with E-state index in [1.54, 1.807) is 7.11 Å². The van der Waals surface area contributed by atoms with E-state index in [1.165, 1.54) is 5.56 Å². The lowest BCUT2D eigenvalue weighted by atomic mass is 10.0. The molecule has 2 nitrogen and oxygen atoms in total. The van der Waals surface area contributed by atoms with Gasteiger partial charge in [0, 0.05) is 4.47 Å². The lowest BCUT2D eigenvalue weighted by Crippen LogP contribution is -2.05. The summed E-state index contributed by atoms with van der Waals surface area (Å²) in [5, 5.41) is 0. The normalized spacial score (nSPS) is 26.6. The maximum Gasteiger partial charge on any atom is 0.119 e. The Hall–Kier alpha value is -0.540. The number of benzene rings is 1. The number of rotatable bonds is 3. The standard InChI is InChI=1S/C13H18BrNO/c1-13(2)10(7-15)12(13)9-6-8(16-3)4-5-11(9)14/h4-6,10,12H,7,15H2,1-3H3. The minimum Gasteiger partial charge on any atom is -0.497 e. The van der Waals surface area contributed by atoms with Crippen molar-refractivity contribution >= 4 is 15.9 Å². The van der Waals surface area contributed by atoms with E-state index < -0.39 is 0 Å². The van der Waals surface area contributed by atoms with E-state index in [0.717, 1.165) is 16.8 Å². The quantitative estimate of drug-likeness (QED) is 0.925. The summed E-state index contributed by atoms with van der Waals surface area (Å²) >= 11 is 3.61. The predicted octanol–water partition coefficient (Wildman–Crippen LogP) is 3.16. The second-order valence-electron chi connectivity index (χ2n) is 5.03. The number of hydrogen-bond donors (Lipinski definition) is 1. The monoisotopic (exact) mass is 283 g/mol. The van der Waals surface area contributed by atoms with Crippen molar-refractivity contribution in [2.75, 3.05) is 13.7 Å². The molecule has 88 valence electrons. The largest absolute Gasteiger partial charge is 0.497 e. The minimum absolute atomic E-state index is 0.309. The van der Waals surface area contributed by atoms with Gasteiger partial charge in [0.25, 0.3) is 0 Å².